The van der Waals surface area contributed by atoms with Crippen molar-refractivity contribution >= 4 is 18.0 Å². The van der Waals surface area contributed by atoms with Crippen LogP contribution in [-0.2, 0) is 14.3 Å². The van der Waals surface area contributed by atoms with Crippen LogP contribution < -0.4 is 10.6 Å². The molecule has 2 fully saturated rings. The first-order valence-corrected chi connectivity index (χ1v) is 12.0. The van der Waals surface area contributed by atoms with Gasteiger partial charge < -0.3 is 20.5 Å². The lowest BCUT2D eigenvalue weighted by Crippen LogP contribution is -2.52. The summed E-state index contributed by atoms with van der Waals surface area (Å²) in [5.41, 5.74) is 3.90. The first-order valence-electron chi connectivity index (χ1n) is 12.0. The average molecular weight is 463 g/mol. The summed E-state index contributed by atoms with van der Waals surface area (Å²) in [6, 6.07) is 15.3. The molecule has 2 aromatic carbocycles. The predicted octanol–water partition coefficient (Wildman–Crippen LogP) is 3.92. The third-order valence-electron chi connectivity index (χ3n) is 7.75. The number of ether oxygens (including phenoxy) is 1. The van der Waals surface area contributed by atoms with Crippen molar-refractivity contribution in [2.45, 2.75) is 51.1 Å². The van der Waals surface area contributed by atoms with E-state index in [2.05, 4.69) is 34.9 Å². The molecule has 0 bridgehead atoms. The van der Waals surface area contributed by atoms with E-state index in [1.807, 2.05) is 38.1 Å². The molecule has 3 N–H and O–H groups in total. The first kappa shape index (κ1) is 22.4. The number of fused-ring (bicyclic) bond motifs is 4. The minimum atomic E-state index is -0.772. The number of hydrogen-bond donors (Lipinski definition) is 3. The molecule has 178 valence electrons. The highest BCUT2D eigenvalue weighted by atomic mass is 16.5. The summed E-state index contributed by atoms with van der Waals surface area (Å²) < 4.78 is 5.60. The number of benzene rings is 2. The molecule has 0 radical (unpaired) electrons. The number of carboxylic acid groups (broad SMARTS) is 1. The van der Waals surface area contributed by atoms with Gasteiger partial charge in [-0.15, -0.1) is 0 Å². The Morgan fingerprint density at radius 3 is 2.21 bits per heavy atom. The standard InChI is InChI=1S/C27H30N2O5/c1-15(2)23(24(30)28-17-11-16-12-27(16,13-17)25(31)32)29-26(33)34-14-22-20-9-5-3-7-18(20)19-8-4-6-10-21(19)22/h3-10,15-17,22-23H,11-14H2,1-2H3,(H,28,30)(H,29,33)(H,31,32)/t16?,17?,23-,27?/m1/s1. The molecule has 7 nitrogen and oxygen atoms in total. The molecule has 0 heterocycles. The van der Waals surface area contributed by atoms with Crippen LogP contribution in [0.2, 0.25) is 0 Å². The summed E-state index contributed by atoms with van der Waals surface area (Å²) >= 11 is 0. The van der Waals surface area contributed by atoms with Gasteiger partial charge in [0.05, 0.1) is 5.41 Å². The van der Waals surface area contributed by atoms with Gasteiger partial charge in [0.2, 0.25) is 5.91 Å². The van der Waals surface area contributed by atoms with Crippen LogP contribution in [0.25, 0.3) is 11.1 Å². The van der Waals surface area contributed by atoms with Crippen molar-refractivity contribution in [3.8, 4) is 11.1 Å². The van der Waals surface area contributed by atoms with Crippen molar-refractivity contribution in [2.75, 3.05) is 6.61 Å². The number of carbonyl (C=O) groups excluding carboxylic acids is 2. The lowest BCUT2D eigenvalue weighted by molar-refractivity contribution is -0.143. The number of carboxylic acids is 1. The fourth-order valence-corrected chi connectivity index (χ4v) is 5.86. The van der Waals surface area contributed by atoms with Gasteiger partial charge >= 0.3 is 12.1 Å². The second-order valence-corrected chi connectivity index (χ2v) is 10.2. The molecule has 4 atom stereocenters. The molecule has 5 rings (SSSR count). The van der Waals surface area contributed by atoms with Crippen LogP contribution in [0.3, 0.4) is 0 Å². The van der Waals surface area contributed by atoms with Crippen molar-refractivity contribution in [2.24, 2.45) is 17.3 Å². The third-order valence-corrected chi connectivity index (χ3v) is 7.75. The summed E-state index contributed by atoms with van der Waals surface area (Å²) in [5, 5.41) is 15.2. The Hall–Kier alpha value is -3.35. The van der Waals surface area contributed by atoms with E-state index in [1.54, 1.807) is 0 Å². The van der Waals surface area contributed by atoms with Gasteiger partial charge in [0, 0.05) is 12.0 Å². The molecule has 2 aromatic rings. The number of nitrogens with one attached hydrogen (secondary N) is 2. The highest BCUT2D eigenvalue weighted by Gasteiger charge is 2.65. The summed E-state index contributed by atoms with van der Waals surface area (Å²) in [5.74, 6) is -1.13. The van der Waals surface area contributed by atoms with Crippen LogP contribution >= 0.6 is 0 Å². The van der Waals surface area contributed by atoms with E-state index in [0.29, 0.717) is 19.3 Å². The minimum Gasteiger partial charge on any atom is -0.481 e. The molecule has 3 aliphatic carbocycles. The van der Waals surface area contributed by atoms with E-state index in [0.717, 1.165) is 22.3 Å². The number of alkyl carbamates (subject to hydrolysis) is 1. The quantitative estimate of drug-likeness (QED) is 0.579. The van der Waals surface area contributed by atoms with E-state index in [4.69, 9.17) is 4.74 Å². The van der Waals surface area contributed by atoms with Crippen LogP contribution in [0.5, 0.6) is 0 Å². The lowest BCUT2D eigenvalue weighted by Gasteiger charge is -2.25. The third kappa shape index (κ3) is 3.83. The highest BCUT2D eigenvalue weighted by molar-refractivity contribution is 5.87. The molecule has 34 heavy (non-hydrogen) atoms. The molecule has 0 aliphatic heterocycles. The van der Waals surface area contributed by atoms with Crippen molar-refractivity contribution in [3.63, 3.8) is 0 Å². The molecule has 0 spiro atoms. The Bertz CT molecular complexity index is 1100. The Balaban J connectivity index is 1.20. The molecule has 3 aliphatic rings. The molecule has 3 unspecified atom stereocenters. The van der Waals surface area contributed by atoms with Crippen LogP contribution in [0.15, 0.2) is 48.5 Å². The van der Waals surface area contributed by atoms with Crippen LogP contribution in [0.4, 0.5) is 4.79 Å². The zero-order chi connectivity index (χ0) is 24.0. The van der Waals surface area contributed by atoms with Gasteiger partial charge in [-0.1, -0.05) is 62.4 Å². The Morgan fingerprint density at radius 2 is 1.65 bits per heavy atom. The van der Waals surface area contributed by atoms with Crippen molar-refractivity contribution in [1.82, 2.24) is 10.6 Å². The largest absolute Gasteiger partial charge is 0.481 e. The summed E-state index contributed by atoms with van der Waals surface area (Å²) in [7, 11) is 0. The van der Waals surface area contributed by atoms with Gasteiger partial charge in [-0.2, -0.15) is 0 Å². The molecular weight excluding hydrogens is 432 g/mol. The van der Waals surface area contributed by atoms with Crippen LogP contribution in [0.1, 0.15) is 50.2 Å². The SMILES string of the molecule is CC(C)[C@@H](NC(=O)OCC1c2ccccc2-c2ccccc21)C(=O)NC1CC2CC2(C(=O)O)C1. The topological polar surface area (TPSA) is 105 Å². The van der Waals surface area contributed by atoms with E-state index in [1.165, 1.54) is 0 Å². The van der Waals surface area contributed by atoms with Gasteiger partial charge in [0.1, 0.15) is 12.6 Å². The van der Waals surface area contributed by atoms with Gasteiger partial charge in [0.25, 0.3) is 0 Å². The van der Waals surface area contributed by atoms with Crippen molar-refractivity contribution < 1.29 is 24.2 Å². The number of hydrogen-bond acceptors (Lipinski definition) is 4. The van der Waals surface area contributed by atoms with Crippen molar-refractivity contribution in [3.05, 3.63) is 59.7 Å². The Labute approximate surface area is 198 Å². The maximum Gasteiger partial charge on any atom is 0.407 e. The maximum absolute atomic E-state index is 12.9. The monoisotopic (exact) mass is 462 g/mol. The summed E-state index contributed by atoms with van der Waals surface area (Å²) in [6.45, 7) is 3.90. The second kappa shape index (κ2) is 8.46. The molecular formula is C27H30N2O5. The fourth-order valence-electron chi connectivity index (χ4n) is 5.86. The normalized spacial score (nSPS) is 25.1. The fraction of sp³-hybridized carbons (Fsp3) is 0.444. The molecule has 2 amide bonds. The van der Waals surface area contributed by atoms with Crippen LogP contribution in [0, 0.1) is 17.3 Å². The number of rotatable bonds is 7. The lowest BCUT2D eigenvalue weighted by atomic mass is 9.98. The number of aliphatic carboxylic acids is 1. The highest BCUT2D eigenvalue weighted by Crippen LogP contribution is 2.63. The zero-order valence-corrected chi connectivity index (χ0v) is 19.4. The van der Waals surface area contributed by atoms with E-state index in [9.17, 15) is 19.5 Å². The van der Waals surface area contributed by atoms with Gasteiger partial charge in [-0.25, -0.2) is 4.79 Å². The van der Waals surface area contributed by atoms with Gasteiger partial charge in [0.15, 0.2) is 0 Å². The molecule has 7 heteroatoms. The molecule has 2 saturated carbocycles. The van der Waals surface area contributed by atoms with Gasteiger partial charge in [-0.05, 0) is 53.4 Å². The predicted molar refractivity (Wildman–Crippen MR) is 126 cm³/mol. The molecule has 0 saturated heterocycles. The van der Waals surface area contributed by atoms with Gasteiger partial charge in [-0.3, -0.25) is 9.59 Å². The summed E-state index contributed by atoms with van der Waals surface area (Å²) in [4.78, 5) is 37.2. The second-order valence-electron chi connectivity index (χ2n) is 10.2. The maximum atomic E-state index is 12.9. The first-order chi connectivity index (χ1) is 16.3. The Morgan fingerprint density at radius 1 is 1.03 bits per heavy atom. The van der Waals surface area contributed by atoms with Crippen molar-refractivity contribution in [1.29, 1.82) is 0 Å². The number of carbonyl (C=O) groups is 3. The zero-order valence-electron chi connectivity index (χ0n) is 19.4. The molecule has 0 aromatic heterocycles. The minimum absolute atomic E-state index is 0.0538. The Kier molecular flexibility index (Phi) is 5.58. The van der Waals surface area contributed by atoms with E-state index < -0.39 is 23.5 Å². The summed E-state index contributed by atoms with van der Waals surface area (Å²) in [6.07, 6.45) is 1.19. The number of amides is 2. The van der Waals surface area contributed by atoms with Crippen LogP contribution in [-0.4, -0.2) is 41.8 Å². The average Bonchev–Trinajstić information content (AvgIpc) is 3.25. The van der Waals surface area contributed by atoms with E-state index in [-0.39, 0.29) is 36.3 Å². The van der Waals surface area contributed by atoms with E-state index >= 15 is 0 Å². The smallest absolute Gasteiger partial charge is 0.407 e.